The van der Waals surface area contributed by atoms with Gasteiger partial charge in [0.05, 0.1) is 6.10 Å². The zero-order chi connectivity index (χ0) is 28.0. The van der Waals surface area contributed by atoms with Crippen LogP contribution >= 0.6 is 0 Å². The quantitative estimate of drug-likeness (QED) is 0.394. The van der Waals surface area contributed by atoms with Crippen LogP contribution in [0.15, 0.2) is 36.7 Å². The third-order valence-corrected chi connectivity index (χ3v) is 14.4. The number of amides is 1. The van der Waals surface area contributed by atoms with Gasteiger partial charge in [0.25, 0.3) is 5.91 Å². The summed E-state index contributed by atoms with van der Waals surface area (Å²) in [6.45, 7) is 19.3. The minimum atomic E-state index is -0.180. The predicted octanol–water partition coefficient (Wildman–Crippen LogP) is 7.58. The van der Waals surface area contributed by atoms with Crippen LogP contribution in [0.25, 0.3) is 0 Å². The maximum absolute atomic E-state index is 13.6. The Labute approximate surface area is 236 Å². The van der Waals surface area contributed by atoms with Gasteiger partial charge in [0.2, 0.25) is 0 Å². The first-order chi connectivity index (χ1) is 18.3. The lowest BCUT2D eigenvalue weighted by atomic mass is 9.32. The van der Waals surface area contributed by atoms with Gasteiger partial charge in [0.1, 0.15) is 0 Å². The Morgan fingerprint density at radius 2 is 1.62 bits per heavy atom. The topological polar surface area (TPSA) is 62.2 Å². The Bertz CT molecular complexity index is 1150. The number of nitrogens with zero attached hydrogens (tertiary/aromatic N) is 1. The molecular weight excluding hydrogens is 480 g/mol. The average Bonchev–Trinajstić information content (AvgIpc) is 3.27. The van der Waals surface area contributed by atoms with E-state index in [9.17, 15) is 9.90 Å². The number of aliphatic hydroxyl groups is 1. The van der Waals surface area contributed by atoms with Gasteiger partial charge in [0, 0.05) is 23.5 Å². The largest absolute Gasteiger partial charge is 0.393 e. The second-order valence-corrected chi connectivity index (χ2v) is 15.9. The normalized spacial score (nSPS) is 48.2. The number of aliphatic hydroxyl groups excluding tert-OH is 1. The van der Waals surface area contributed by atoms with Crippen molar-refractivity contribution in [1.29, 1.82) is 0 Å². The van der Waals surface area contributed by atoms with Gasteiger partial charge in [-0.25, -0.2) is 0 Å². The first-order valence-electron chi connectivity index (χ1n) is 15.9. The fourth-order valence-corrected chi connectivity index (χ4v) is 12.2. The molecule has 5 aliphatic carbocycles. The van der Waals surface area contributed by atoms with Crippen LogP contribution in [0.1, 0.15) is 116 Å². The van der Waals surface area contributed by atoms with Crippen LogP contribution in [-0.2, 0) is 0 Å². The lowest BCUT2D eigenvalue weighted by Crippen LogP contribution is -2.69. The van der Waals surface area contributed by atoms with Gasteiger partial charge in [0.15, 0.2) is 0 Å². The van der Waals surface area contributed by atoms with E-state index in [0.29, 0.717) is 35.2 Å². The maximum Gasteiger partial charge on any atom is 0.251 e. The monoisotopic (exact) mass is 532 g/mol. The van der Waals surface area contributed by atoms with E-state index in [1.54, 1.807) is 12.4 Å². The highest BCUT2D eigenvalue weighted by molar-refractivity contribution is 5.94. The zero-order valence-electron chi connectivity index (χ0n) is 25.4. The molecule has 0 spiro atoms. The molecule has 39 heavy (non-hydrogen) atoms. The van der Waals surface area contributed by atoms with Crippen molar-refractivity contribution >= 4 is 5.91 Å². The molecule has 0 saturated heterocycles. The highest BCUT2D eigenvalue weighted by atomic mass is 16.3. The summed E-state index contributed by atoms with van der Waals surface area (Å²) in [6.07, 6.45) is 14.8. The van der Waals surface area contributed by atoms with E-state index in [-0.39, 0.29) is 39.2 Å². The van der Waals surface area contributed by atoms with Gasteiger partial charge in [-0.1, -0.05) is 46.8 Å². The molecule has 2 N–H and O–H groups in total. The number of carbonyl (C=O) groups is 1. The van der Waals surface area contributed by atoms with E-state index < -0.39 is 0 Å². The van der Waals surface area contributed by atoms with Gasteiger partial charge in [-0.3, -0.25) is 9.78 Å². The van der Waals surface area contributed by atoms with Crippen LogP contribution in [0.5, 0.6) is 0 Å². The van der Waals surface area contributed by atoms with E-state index in [1.165, 1.54) is 37.7 Å². The molecule has 1 aromatic rings. The summed E-state index contributed by atoms with van der Waals surface area (Å²) in [7, 11) is 0. The molecule has 5 fully saturated rings. The van der Waals surface area contributed by atoms with E-state index in [1.807, 2.05) is 12.1 Å². The minimum absolute atomic E-state index is 0.0124. The smallest absolute Gasteiger partial charge is 0.251 e. The fourth-order valence-electron chi connectivity index (χ4n) is 12.2. The average molecular weight is 533 g/mol. The Balaban J connectivity index is 1.36. The molecule has 4 heteroatoms. The third kappa shape index (κ3) is 3.65. The minimum Gasteiger partial charge on any atom is -0.393 e. The first-order valence-corrected chi connectivity index (χ1v) is 15.9. The number of nitrogens with one attached hydrogen (secondary N) is 1. The maximum atomic E-state index is 13.6. The van der Waals surface area contributed by atoms with E-state index >= 15 is 0 Å². The van der Waals surface area contributed by atoms with Crippen LogP contribution < -0.4 is 5.32 Å². The molecule has 1 heterocycles. The number of hydrogen-bond acceptors (Lipinski definition) is 3. The number of hydrogen-bond donors (Lipinski definition) is 2. The lowest BCUT2D eigenvalue weighted by Gasteiger charge is -2.73. The van der Waals surface area contributed by atoms with E-state index in [2.05, 4.69) is 58.4 Å². The zero-order valence-corrected chi connectivity index (χ0v) is 25.4. The number of allylic oxidation sites excluding steroid dienone is 1. The number of rotatable bonds is 3. The molecule has 3 unspecified atom stereocenters. The molecule has 1 aromatic heterocycles. The van der Waals surface area contributed by atoms with Crippen molar-refractivity contribution in [3.05, 3.63) is 42.2 Å². The number of pyridine rings is 1. The van der Waals surface area contributed by atoms with Gasteiger partial charge in [-0.15, -0.1) is 0 Å². The summed E-state index contributed by atoms with van der Waals surface area (Å²) < 4.78 is 0. The number of carbonyl (C=O) groups excluding carboxylic acids is 1. The van der Waals surface area contributed by atoms with Gasteiger partial charge in [-0.05, 0) is 135 Å². The second kappa shape index (κ2) is 8.91. The van der Waals surface area contributed by atoms with Crippen LogP contribution in [-0.4, -0.2) is 27.6 Å². The molecule has 5 saturated carbocycles. The van der Waals surface area contributed by atoms with Crippen LogP contribution in [0.4, 0.5) is 0 Å². The van der Waals surface area contributed by atoms with Crippen molar-refractivity contribution in [2.75, 3.05) is 0 Å². The summed E-state index contributed by atoms with van der Waals surface area (Å²) in [6, 6.07) is 3.68. The molecule has 0 bridgehead atoms. The molecule has 0 aliphatic heterocycles. The van der Waals surface area contributed by atoms with Crippen molar-refractivity contribution in [3.8, 4) is 0 Å². The highest BCUT2D eigenvalue weighted by Gasteiger charge is 2.71. The van der Waals surface area contributed by atoms with Crippen molar-refractivity contribution < 1.29 is 9.90 Å². The van der Waals surface area contributed by atoms with Gasteiger partial charge >= 0.3 is 0 Å². The van der Waals surface area contributed by atoms with Crippen LogP contribution in [0, 0.1) is 51.2 Å². The fraction of sp³-hybridized carbons (Fsp3) is 0.771. The predicted molar refractivity (Wildman–Crippen MR) is 157 cm³/mol. The molecule has 10 atom stereocenters. The van der Waals surface area contributed by atoms with Crippen molar-refractivity contribution in [3.63, 3.8) is 0 Å². The Morgan fingerprint density at radius 3 is 2.31 bits per heavy atom. The summed E-state index contributed by atoms with van der Waals surface area (Å²) in [5.41, 5.74) is 2.68. The van der Waals surface area contributed by atoms with Crippen molar-refractivity contribution in [2.24, 2.45) is 51.2 Å². The molecule has 214 valence electrons. The molecule has 5 aliphatic rings. The summed E-state index contributed by atoms with van der Waals surface area (Å²) >= 11 is 0. The van der Waals surface area contributed by atoms with Crippen LogP contribution in [0.3, 0.4) is 0 Å². The van der Waals surface area contributed by atoms with Gasteiger partial charge < -0.3 is 10.4 Å². The Morgan fingerprint density at radius 1 is 0.897 bits per heavy atom. The molecule has 0 aromatic carbocycles. The summed E-state index contributed by atoms with van der Waals surface area (Å²) in [5, 5.41) is 14.7. The second-order valence-electron chi connectivity index (χ2n) is 15.9. The Kier molecular flexibility index (Phi) is 6.28. The SMILES string of the molecule is C=C(C)[C@@H]1CC[C@]2(NC(=O)c3ccncc3)CC[C@]3(C)[C@H](CCC4[C@@]5(C)CC[C@H](O)C(C)(C)C5CC[C@]43C)C12. The summed E-state index contributed by atoms with van der Waals surface area (Å²) in [5.74, 6) is 2.86. The summed E-state index contributed by atoms with van der Waals surface area (Å²) in [4.78, 5) is 17.7. The Hall–Kier alpha value is -1.68. The molecule has 6 rings (SSSR count). The molecule has 4 nitrogen and oxygen atoms in total. The number of fused-ring (bicyclic) bond motifs is 7. The lowest BCUT2D eigenvalue weighted by molar-refractivity contribution is -0.243. The molecule has 1 amide bonds. The number of aromatic nitrogens is 1. The first kappa shape index (κ1) is 27.5. The molecular formula is C35H52N2O2. The third-order valence-electron chi connectivity index (χ3n) is 14.4. The van der Waals surface area contributed by atoms with E-state index in [0.717, 1.165) is 32.1 Å². The standard InChI is InChI=1S/C35H52N2O2/c1-22(2)24-10-17-35(37-30(39)23-13-20-36-21-14-23)19-18-33(6)25(29(24)35)8-9-27-32(5)15-12-28(38)31(3,4)26(32)11-16-34(27,33)7/h13-14,20-21,24-29,38H,1,8-12,15-19H2,2-7H3,(H,37,39)/t24-,25+,26?,27?,28-,29?,32-,33+,34+,35-/m0/s1. The highest BCUT2D eigenvalue weighted by Crippen LogP contribution is 2.76. The van der Waals surface area contributed by atoms with Crippen molar-refractivity contribution in [2.45, 2.75) is 117 Å². The van der Waals surface area contributed by atoms with Crippen LogP contribution in [0.2, 0.25) is 0 Å². The molecule has 0 radical (unpaired) electrons. The van der Waals surface area contributed by atoms with E-state index in [4.69, 9.17) is 0 Å². The van der Waals surface area contributed by atoms with Crippen molar-refractivity contribution in [1.82, 2.24) is 10.3 Å². The van der Waals surface area contributed by atoms with Gasteiger partial charge in [-0.2, -0.15) is 0 Å².